The van der Waals surface area contributed by atoms with E-state index in [0.717, 1.165) is 31.0 Å². The van der Waals surface area contributed by atoms with Crippen LogP contribution in [0.5, 0.6) is 11.5 Å². The standard InChI is InChI=1S/C21H22F3NO3/c22-21(23,24)16-5-2-1-4-15(16)18(26)13-25-9-3-6-17(25)14-7-8-19-20(12-14)28-11-10-27-19/h1-2,4-5,7-8,12,17-18,26H,3,6,9-11,13H2/t17-,18-/m0/s1. The van der Waals surface area contributed by atoms with Gasteiger partial charge in [-0.3, -0.25) is 4.90 Å². The molecule has 2 aliphatic rings. The first kappa shape index (κ1) is 19.1. The van der Waals surface area contributed by atoms with E-state index in [1.807, 2.05) is 23.1 Å². The minimum atomic E-state index is -4.49. The molecule has 0 saturated carbocycles. The summed E-state index contributed by atoms with van der Waals surface area (Å²) in [6.45, 7) is 1.89. The highest BCUT2D eigenvalue weighted by Crippen LogP contribution is 2.40. The van der Waals surface area contributed by atoms with Gasteiger partial charge in [0.2, 0.25) is 0 Å². The summed E-state index contributed by atoms with van der Waals surface area (Å²) < 4.78 is 51.0. The van der Waals surface area contributed by atoms with Crippen LogP contribution in [0, 0.1) is 0 Å². The number of rotatable bonds is 4. The molecule has 4 nitrogen and oxygen atoms in total. The molecule has 2 aliphatic heterocycles. The number of aliphatic hydroxyl groups excluding tert-OH is 1. The summed E-state index contributed by atoms with van der Waals surface area (Å²) in [6.07, 6.45) is -3.90. The molecule has 2 aromatic carbocycles. The molecule has 4 rings (SSSR count). The van der Waals surface area contributed by atoms with Crippen LogP contribution < -0.4 is 9.47 Å². The third kappa shape index (κ3) is 3.82. The van der Waals surface area contributed by atoms with E-state index in [9.17, 15) is 18.3 Å². The summed E-state index contributed by atoms with van der Waals surface area (Å²) in [7, 11) is 0. The lowest BCUT2D eigenvalue weighted by molar-refractivity contribution is -0.139. The van der Waals surface area contributed by atoms with E-state index >= 15 is 0 Å². The smallest absolute Gasteiger partial charge is 0.416 e. The van der Waals surface area contributed by atoms with Gasteiger partial charge in [0.05, 0.1) is 11.7 Å². The predicted molar refractivity (Wildman–Crippen MR) is 97.4 cm³/mol. The van der Waals surface area contributed by atoms with Gasteiger partial charge in [0.15, 0.2) is 11.5 Å². The van der Waals surface area contributed by atoms with Gasteiger partial charge < -0.3 is 14.6 Å². The van der Waals surface area contributed by atoms with Gasteiger partial charge in [0, 0.05) is 12.6 Å². The van der Waals surface area contributed by atoms with Gasteiger partial charge in [0.25, 0.3) is 0 Å². The molecule has 7 heteroatoms. The SMILES string of the molecule is O[C@@H](CN1CCC[C@H]1c1ccc2c(c1)OCCO2)c1ccccc1C(F)(F)F. The van der Waals surface area contributed by atoms with E-state index in [1.54, 1.807) is 0 Å². The zero-order valence-corrected chi connectivity index (χ0v) is 15.3. The zero-order chi connectivity index (χ0) is 19.7. The van der Waals surface area contributed by atoms with Crippen LogP contribution in [0.15, 0.2) is 42.5 Å². The number of halogens is 3. The minimum absolute atomic E-state index is 0.0310. The van der Waals surface area contributed by atoms with Crippen molar-refractivity contribution in [2.45, 2.75) is 31.2 Å². The van der Waals surface area contributed by atoms with Crippen molar-refractivity contribution in [3.05, 3.63) is 59.2 Å². The largest absolute Gasteiger partial charge is 0.486 e. The van der Waals surface area contributed by atoms with Crippen LogP contribution in [-0.4, -0.2) is 36.3 Å². The Kier molecular flexibility index (Phi) is 5.21. The normalized spacial score (nSPS) is 20.9. The number of hydrogen-bond acceptors (Lipinski definition) is 4. The molecule has 2 heterocycles. The molecule has 0 radical (unpaired) electrons. The van der Waals surface area contributed by atoms with Crippen LogP contribution in [0.4, 0.5) is 13.2 Å². The molecule has 1 fully saturated rings. The number of aliphatic hydroxyl groups is 1. The fraction of sp³-hybridized carbons (Fsp3) is 0.429. The van der Waals surface area contributed by atoms with Crippen molar-refractivity contribution in [1.29, 1.82) is 0 Å². The Bertz CT molecular complexity index is 840. The molecule has 0 aromatic heterocycles. The zero-order valence-electron chi connectivity index (χ0n) is 15.3. The van der Waals surface area contributed by atoms with Crippen molar-refractivity contribution in [2.75, 3.05) is 26.3 Å². The summed E-state index contributed by atoms with van der Waals surface area (Å²) in [4.78, 5) is 2.04. The van der Waals surface area contributed by atoms with Crippen molar-refractivity contribution in [3.63, 3.8) is 0 Å². The molecular formula is C21H22F3NO3. The Morgan fingerprint density at radius 2 is 1.82 bits per heavy atom. The second-order valence-corrected chi connectivity index (χ2v) is 7.16. The lowest BCUT2D eigenvalue weighted by Crippen LogP contribution is -2.29. The number of alkyl halides is 3. The van der Waals surface area contributed by atoms with Gasteiger partial charge in [-0.05, 0) is 48.7 Å². The van der Waals surface area contributed by atoms with E-state index in [1.165, 1.54) is 18.2 Å². The number of likely N-dealkylation sites (tertiary alicyclic amines) is 1. The van der Waals surface area contributed by atoms with Crippen LogP contribution in [-0.2, 0) is 6.18 Å². The van der Waals surface area contributed by atoms with E-state index in [-0.39, 0.29) is 18.2 Å². The average molecular weight is 393 g/mol. The second-order valence-electron chi connectivity index (χ2n) is 7.16. The highest BCUT2D eigenvalue weighted by atomic mass is 19.4. The number of hydrogen-bond donors (Lipinski definition) is 1. The number of β-amino-alcohol motifs (C(OH)–C–C–N with tert-alkyl or cyclic N) is 1. The molecule has 0 amide bonds. The van der Waals surface area contributed by atoms with E-state index in [0.29, 0.717) is 24.7 Å². The third-order valence-electron chi connectivity index (χ3n) is 5.35. The van der Waals surface area contributed by atoms with Gasteiger partial charge in [-0.25, -0.2) is 0 Å². The Morgan fingerprint density at radius 3 is 2.61 bits per heavy atom. The van der Waals surface area contributed by atoms with Gasteiger partial charge in [-0.2, -0.15) is 13.2 Å². The predicted octanol–water partition coefficient (Wildman–Crippen LogP) is 4.35. The number of nitrogens with zero attached hydrogens (tertiary/aromatic N) is 1. The fourth-order valence-electron chi connectivity index (χ4n) is 4.06. The van der Waals surface area contributed by atoms with E-state index < -0.39 is 17.8 Å². The van der Waals surface area contributed by atoms with Crippen molar-refractivity contribution in [1.82, 2.24) is 4.90 Å². The summed E-state index contributed by atoms with van der Waals surface area (Å²) in [5.41, 5.74) is 0.165. The lowest BCUT2D eigenvalue weighted by atomic mass is 10.00. The van der Waals surface area contributed by atoms with Crippen LogP contribution in [0.2, 0.25) is 0 Å². The van der Waals surface area contributed by atoms with Gasteiger partial charge in [-0.1, -0.05) is 24.3 Å². The van der Waals surface area contributed by atoms with Crippen molar-refractivity contribution in [2.24, 2.45) is 0 Å². The Labute approximate surface area is 161 Å². The molecule has 0 spiro atoms. The van der Waals surface area contributed by atoms with E-state index in [2.05, 4.69) is 0 Å². The maximum Gasteiger partial charge on any atom is 0.416 e. The molecule has 0 aliphatic carbocycles. The first-order chi connectivity index (χ1) is 13.4. The molecule has 2 aromatic rings. The summed E-state index contributed by atoms with van der Waals surface area (Å²) in [6, 6.07) is 11.0. The molecule has 1 saturated heterocycles. The minimum Gasteiger partial charge on any atom is -0.486 e. The molecule has 2 atom stereocenters. The molecule has 1 N–H and O–H groups in total. The third-order valence-corrected chi connectivity index (χ3v) is 5.35. The molecule has 0 bridgehead atoms. The molecular weight excluding hydrogens is 371 g/mol. The first-order valence-electron chi connectivity index (χ1n) is 9.41. The first-order valence-corrected chi connectivity index (χ1v) is 9.41. The Morgan fingerprint density at radius 1 is 1.07 bits per heavy atom. The maximum atomic E-state index is 13.3. The Hall–Kier alpha value is -2.25. The van der Waals surface area contributed by atoms with Crippen LogP contribution in [0.1, 0.15) is 41.7 Å². The van der Waals surface area contributed by atoms with Gasteiger partial charge in [-0.15, -0.1) is 0 Å². The monoisotopic (exact) mass is 393 g/mol. The highest BCUT2D eigenvalue weighted by molar-refractivity contribution is 5.45. The van der Waals surface area contributed by atoms with Crippen LogP contribution >= 0.6 is 0 Å². The lowest BCUT2D eigenvalue weighted by Gasteiger charge is -2.29. The Balaban J connectivity index is 1.54. The van der Waals surface area contributed by atoms with Crippen molar-refractivity contribution < 1.29 is 27.8 Å². The van der Waals surface area contributed by atoms with Gasteiger partial charge in [0.1, 0.15) is 13.2 Å². The average Bonchev–Trinajstić information content (AvgIpc) is 3.15. The summed E-state index contributed by atoms with van der Waals surface area (Å²) in [5.74, 6) is 1.40. The summed E-state index contributed by atoms with van der Waals surface area (Å²) >= 11 is 0. The highest BCUT2D eigenvalue weighted by Gasteiger charge is 2.36. The second kappa shape index (κ2) is 7.64. The van der Waals surface area contributed by atoms with Crippen LogP contribution in [0.25, 0.3) is 0 Å². The molecule has 0 unspecified atom stereocenters. The van der Waals surface area contributed by atoms with E-state index in [4.69, 9.17) is 9.47 Å². The van der Waals surface area contributed by atoms with Crippen molar-refractivity contribution >= 4 is 0 Å². The van der Waals surface area contributed by atoms with Gasteiger partial charge >= 0.3 is 6.18 Å². The molecule has 150 valence electrons. The number of benzene rings is 2. The summed E-state index contributed by atoms with van der Waals surface area (Å²) in [5, 5.41) is 10.6. The fourth-order valence-corrected chi connectivity index (χ4v) is 4.06. The van der Waals surface area contributed by atoms with Crippen molar-refractivity contribution in [3.8, 4) is 11.5 Å². The number of fused-ring (bicyclic) bond motifs is 1. The number of ether oxygens (including phenoxy) is 2. The molecule has 28 heavy (non-hydrogen) atoms. The van der Waals surface area contributed by atoms with Crippen LogP contribution in [0.3, 0.4) is 0 Å². The maximum absolute atomic E-state index is 13.3. The quantitative estimate of drug-likeness (QED) is 0.839. The topological polar surface area (TPSA) is 41.9 Å².